The maximum Gasteiger partial charge on any atom is 0.143 e. The van der Waals surface area contributed by atoms with Gasteiger partial charge in [-0.2, -0.15) is 0 Å². The smallest absolute Gasteiger partial charge is 0.143 e. The Labute approximate surface area is 426 Å². The molecule has 0 spiro atoms. The van der Waals surface area contributed by atoms with Crippen molar-refractivity contribution in [2.45, 2.75) is 0 Å². The Bertz CT molecular complexity index is 4440. The van der Waals surface area contributed by atoms with E-state index in [9.17, 15) is 0 Å². The number of hydrogen-bond acceptors (Lipinski definition) is 4. The third-order valence-electron chi connectivity index (χ3n) is 14.8. The number of rotatable bonds is 7. The molecule has 12 aromatic carbocycles. The number of furan rings is 2. The molecule has 3 heterocycles. The molecule has 0 saturated carbocycles. The summed E-state index contributed by atoms with van der Waals surface area (Å²) in [6.07, 6.45) is 1.94. The Morgan fingerprint density at radius 3 is 1.08 bits per heavy atom. The van der Waals surface area contributed by atoms with E-state index in [1.165, 1.54) is 0 Å². The molecule has 4 heteroatoms. The van der Waals surface area contributed by atoms with Crippen LogP contribution in [-0.4, -0.2) is 9.97 Å². The van der Waals surface area contributed by atoms with Gasteiger partial charge in [0.2, 0.25) is 0 Å². The van der Waals surface area contributed by atoms with Crippen molar-refractivity contribution in [3.63, 3.8) is 0 Å². The lowest BCUT2D eigenvalue weighted by molar-refractivity contribution is 0.670. The molecular weight excluding hydrogens is 901 g/mol. The van der Waals surface area contributed by atoms with Crippen molar-refractivity contribution >= 4 is 76.5 Å². The first-order valence-corrected chi connectivity index (χ1v) is 25.1. The van der Waals surface area contributed by atoms with E-state index in [-0.39, 0.29) is 0 Å². The Morgan fingerprint density at radius 1 is 0.243 bits per heavy atom. The predicted octanol–water partition coefficient (Wildman–Crippen LogP) is 19.4. The van der Waals surface area contributed by atoms with Crippen LogP contribution in [-0.2, 0) is 0 Å². The summed E-state index contributed by atoms with van der Waals surface area (Å²) in [5.41, 5.74) is 19.6. The quantitative estimate of drug-likeness (QED) is 0.149. The van der Waals surface area contributed by atoms with Crippen LogP contribution in [0, 0.1) is 0 Å². The second-order valence-corrected chi connectivity index (χ2v) is 19.2. The Kier molecular flexibility index (Phi) is 9.54. The monoisotopic (exact) mass is 942 g/mol. The van der Waals surface area contributed by atoms with Gasteiger partial charge < -0.3 is 8.83 Å². The summed E-state index contributed by atoms with van der Waals surface area (Å²) < 4.78 is 14.1. The molecule has 0 atom stereocenters. The van der Waals surface area contributed by atoms with Gasteiger partial charge in [0.15, 0.2) is 0 Å². The molecule has 15 rings (SSSR count). The molecule has 0 aliphatic rings. The van der Waals surface area contributed by atoms with Gasteiger partial charge in [-0.05, 0) is 133 Å². The minimum absolute atomic E-state index is 0.765. The van der Waals surface area contributed by atoms with Crippen molar-refractivity contribution in [1.82, 2.24) is 9.97 Å². The lowest BCUT2D eigenvalue weighted by atomic mass is 9.90. The summed E-state index contributed by atoms with van der Waals surface area (Å²) in [5.74, 6) is 0. The molecule has 0 bridgehead atoms. The molecule has 4 nitrogen and oxygen atoms in total. The van der Waals surface area contributed by atoms with E-state index in [0.29, 0.717) is 0 Å². The van der Waals surface area contributed by atoms with E-state index in [4.69, 9.17) is 18.8 Å². The highest BCUT2D eigenvalue weighted by atomic mass is 16.3. The first kappa shape index (κ1) is 41.8. The van der Waals surface area contributed by atoms with Gasteiger partial charge in [0.25, 0.3) is 0 Å². The molecule has 0 amide bonds. The minimum atomic E-state index is 0.765. The maximum atomic E-state index is 7.05. The number of benzene rings is 12. The molecule has 344 valence electrons. The summed E-state index contributed by atoms with van der Waals surface area (Å²) in [7, 11) is 0. The van der Waals surface area contributed by atoms with Crippen molar-refractivity contribution in [3.05, 3.63) is 255 Å². The maximum absolute atomic E-state index is 7.05. The number of hydrogen-bond donors (Lipinski definition) is 0. The first-order valence-electron chi connectivity index (χ1n) is 25.1. The topological polar surface area (TPSA) is 52.1 Å². The number of nitrogens with zero attached hydrogens (tertiary/aromatic N) is 2. The molecule has 0 N–H and O–H groups in total. The molecule has 3 aromatic heterocycles. The second kappa shape index (κ2) is 16.9. The summed E-state index contributed by atoms with van der Waals surface area (Å²) >= 11 is 0. The number of fused-ring (bicyclic) bond motifs is 12. The van der Waals surface area contributed by atoms with Gasteiger partial charge in [-0.25, -0.2) is 4.98 Å². The molecule has 0 aliphatic heterocycles. The van der Waals surface area contributed by atoms with Crippen LogP contribution in [0.15, 0.2) is 264 Å². The van der Waals surface area contributed by atoms with Crippen LogP contribution < -0.4 is 0 Å². The van der Waals surface area contributed by atoms with Crippen LogP contribution in [0.4, 0.5) is 0 Å². The highest BCUT2D eigenvalue weighted by Gasteiger charge is 2.22. The van der Waals surface area contributed by atoms with Crippen LogP contribution in [0.1, 0.15) is 0 Å². The van der Waals surface area contributed by atoms with Gasteiger partial charge >= 0.3 is 0 Å². The zero-order valence-electron chi connectivity index (χ0n) is 40.0. The fourth-order valence-corrected chi connectivity index (χ4v) is 11.2. The summed E-state index contributed by atoms with van der Waals surface area (Å²) in [5, 5.41) is 8.67. The lowest BCUT2D eigenvalue weighted by Crippen LogP contribution is -1.94. The zero-order valence-corrected chi connectivity index (χ0v) is 40.0. The van der Waals surface area contributed by atoms with Gasteiger partial charge in [0.1, 0.15) is 22.3 Å². The van der Waals surface area contributed by atoms with Crippen molar-refractivity contribution in [1.29, 1.82) is 0 Å². The minimum Gasteiger partial charge on any atom is -0.455 e. The van der Waals surface area contributed by atoms with Gasteiger partial charge in [0, 0.05) is 49.0 Å². The standard InChI is InChI=1S/C70H42N2O2/c1-5-17-43(18-6-1)47-29-31-65-60(36-47)62-40-49(45-21-9-3-10-22-45)38-58(69(62)73-65)51-33-52(35-53(34-51)64-42-71-67-56-27-15-13-25-54(56)55-26-14-16-28-57(55)68(67)72-64)59-39-50(46-23-11-4-12-24-46)41-63-61-37-48(44-19-7-2-8-20-44)30-32-66(61)74-70(59)63/h1-42H. The molecule has 0 radical (unpaired) electrons. The van der Waals surface area contributed by atoms with Crippen molar-refractivity contribution in [2.24, 2.45) is 0 Å². The van der Waals surface area contributed by atoms with E-state index in [1.54, 1.807) is 0 Å². The lowest BCUT2D eigenvalue weighted by Gasteiger charge is -2.15. The Morgan fingerprint density at radius 2 is 0.622 bits per heavy atom. The molecule has 0 unspecified atom stereocenters. The van der Waals surface area contributed by atoms with Crippen molar-refractivity contribution < 1.29 is 8.83 Å². The van der Waals surface area contributed by atoms with Crippen LogP contribution in [0.5, 0.6) is 0 Å². The first-order chi connectivity index (χ1) is 36.6. The molecular formula is C70H42N2O2. The zero-order chi connectivity index (χ0) is 48.7. The molecule has 74 heavy (non-hydrogen) atoms. The average molecular weight is 943 g/mol. The summed E-state index contributed by atoms with van der Waals surface area (Å²) in [6, 6.07) is 88.5. The summed E-state index contributed by atoms with van der Waals surface area (Å²) in [4.78, 5) is 10.9. The van der Waals surface area contributed by atoms with Gasteiger partial charge in [0.05, 0.1) is 22.9 Å². The van der Waals surface area contributed by atoms with Gasteiger partial charge in [-0.1, -0.05) is 182 Å². The highest BCUT2D eigenvalue weighted by Crippen LogP contribution is 2.46. The average Bonchev–Trinajstić information content (AvgIpc) is 4.06. The molecule has 0 saturated heterocycles. The molecule has 0 fully saturated rings. The van der Waals surface area contributed by atoms with Crippen LogP contribution >= 0.6 is 0 Å². The SMILES string of the molecule is c1ccc(-c2ccc3oc4c(-c5cc(-c6cnc7c8ccccc8c8ccccc8c7n6)cc(-c6cc(-c7ccccc7)cc7c6oc6ccc(-c8ccccc8)cc67)c5)cc(-c5ccccc5)cc4c3c2)cc1. The van der Waals surface area contributed by atoms with E-state index in [2.05, 4.69) is 249 Å². The highest BCUT2D eigenvalue weighted by molar-refractivity contribution is 6.23. The third-order valence-corrected chi connectivity index (χ3v) is 14.8. The Hall–Kier alpha value is -9.90. The van der Waals surface area contributed by atoms with Gasteiger partial charge in [-0.3, -0.25) is 4.98 Å². The van der Waals surface area contributed by atoms with Crippen LogP contribution in [0.25, 0.3) is 154 Å². The van der Waals surface area contributed by atoms with E-state index >= 15 is 0 Å². The van der Waals surface area contributed by atoms with Crippen molar-refractivity contribution in [2.75, 3.05) is 0 Å². The fourth-order valence-electron chi connectivity index (χ4n) is 11.2. The fraction of sp³-hybridized carbons (Fsp3) is 0. The normalized spacial score (nSPS) is 11.8. The third kappa shape index (κ3) is 6.92. The largest absolute Gasteiger partial charge is 0.455 e. The molecule has 0 aliphatic carbocycles. The second-order valence-electron chi connectivity index (χ2n) is 19.2. The van der Waals surface area contributed by atoms with Crippen LogP contribution in [0.2, 0.25) is 0 Å². The van der Waals surface area contributed by atoms with Gasteiger partial charge in [-0.15, -0.1) is 0 Å². The number of aromatic nitrogens is 2. The van der Waals surface area contributed by atoms with E-state index in [0.717, 1.165) is 154 Å². The van der Waals surface area contributed by atoms with E-state index in [1.807, 2.05) is 6.20 Å². The predicted molar refractivity (Wildman–Crippen MR) is 307 cm³/mol. The summed E-state index contributed by atoms with van der Waals surface area (Å²) in [6.45, 7) is 0. The Balaban J connectivity index is 1.03. The van der Waals surface area contributed by atoms with Crippen LogP contribution in [0.3, 0.4) is 0 Å². The molecule has 15 aromatic rings. The van der Waals surface area contributed by atoms with Crippen molar-refractivity contribution in [3.8, 4) is 78.0 Å². The van der Waals surface area contributed by atoms with E-state index < -0.39 is 0 Å².